The van der Waals surface area contributed by atoms with E-state index < -0.39 is 5.92 Å². The number of rotatable bonds is 1. The third kappa shape index (κ3) is 1.81. The van der Waals surface area contributed by atoms with Gasteiger partial charge in [-0.05, 0) is 12.1 Å². The van der Waals surface area contributed by atoms with E-state index in [1.54, 1.807) is 24.3 Å². The van der Waals surface area contributed by atoms with Gasteiger partial charge in [0.2, 0.25) is 5.88 Å². The Morgan fingerprint density at radius 3 is 2.40 bits per heavy atom. The van der Waals surface area contributed by atoms with Gasteiger partial charge in [-0.2, -0.15) is 5.26 Å². The highest BCUT2D eigenvalue weighted by Gasteiger charge is 2.31. The van der Waals surface area contributed by atoms with Crippen molar-refractivity contribution < 1.29 is 9.13 Å². The Balaban J connectivity index is 2.27. The molecule has 1 aliphatic heterocycles. The molecule has 1 atom stereocenters. The number of nitrogens with zero attached hydrogens (tertiary/aromatic N) is 1. The Morgan fingerprint density at radius 2 is 1.70 bits per heavy atom. The van der Waals surface area contributed by atoms with Gasteiger partial charge in [0, 0.05) is 11.1 Å². The molecule has 2 N–H and O–H groups in total. The van der Waals surface area contributed by atoms with Gasteiger partial charge in [0.15, 0.2) is 0 Å². The van der Waals surface area contributed by atoms with Crippen LogP contribution in [0.15, 0.2) is 60.0 Å². The maximum Gasteiger partial charge on any atom is 0.205 e. The molecule has 3 nitrogen and oxygen atoms in total. The Morgan fingerprint density at radius 1 is 1.05 bits per heavy atom. The molecule has 98 valence electrons. The van der Waals surface area contributed by atoms with Crippen LogP contribution in [0.4, 0.5) is 4.39 Å². The third-order valence-corrected chi connectivity index (χ3v) is 3.34. The van der Waals surface area contributed by atoms with Crippen LogP contribution >= 0.6 is 0 Å². The van der Waals surface area contributed by atoms with Gasteiger partial charge in [-0.15, -0.1) is 0 Å². The molecule has 0 aliphatic carbocycles. The Hall–Kier alpha value is -2.80. The summed E-state index contributed by atoms with van der Waals surface area (Å²) in [5.41, 5.74) is 7.18. The number of hydrogen-bond acceptors (Lipinski definition) is 3. The van der Waals surface area contributed by atoms with Crippen LogP contribution in [0.25, 0.3) is 0 Å². The highest BCUT2D eigenvalue weighted by atomic mass is 19.1. The number of hydrogen-bond donors (Lipinski definition) is 1. The Labute approximate surface area is 115 Å². The highest BCUT2D eigenvalue weighted by Crippen LogP contribution is 2.42. The van der Waals surface area contributed by atoms with E-state index in [1.807, 2.05) is 24.3 Å². The van der Waals surface area contributed by atoms with Gasteiger partial charge < -0.3 is 10.5 Å². The van der Waals surface area contributed by atoms with Crippen LogP contribution in [0.1, 0.15) is 17.0 Å². The summed E-state index contributed by atoms with van der Waals surface area (Å²) in [7, 11) is 0. The second-order valence-electron chi connectivity index (χ2n) is 4.48. The normalized spacial score (nSPS) is 17.1. The molecule has 0 radical (unpaired) electrons. The fourth-order valence-electron chi connectivity index (χ4n) is 2.44. The summed E-state index contributed by atoms with van der Waals surface area (Å²) in [5, 5.41) is 9.32. The summed E-state index contributed by atoms with van der Waals surface area (Å²) in [6, 6.07) is 15.6. The van der Waals surface area contributed by atoms with E-state index in [0.29, 0.717) is 11.3 Å². The SMILES string of the molecule is N#CC1=C(N)Oc2ccccc2[C@H]1c1ccccc1F. The first-order chi connectivity index (χ1) is 9.72. The van der Waals surface area contributed by atoms with Gasteiger partial charge in [-0.1, -0.05) is 36.4 Å². The molecule has 1 aliphatic rings. The number of benzene rings is 2. The van der Waals surface area contributed by atoms with E-state index >= 15 is 0 Å². The van der Waals surface area contributed by atoms with Gasteiger partial charge in [0.25, 0.3) is 0 Å². The lowest BCUT2D eigenvalue weighted by Crippen LogP contribution is -2.21. The lowest BCUT2D eigenvalue weighted by molar-refractivity contribution is 0.392. The first-order valence-electron chi connectivity index (χ1n) is 6.13. The van der Waals surface area contributed by atoms with Crippen molar-refractivity contribution in [1.82, 2.24) is 0 Å². The maximum atomic E-state index is 14.1. The zero-order valence-corrected chi connectivity index (χ0v) is 10.5. The van der Waals surface area contributed by atoms with Crippen molar-refractivity contribution in [3.8, 4) is 11.8 Å². The van der Waals surface area contributed by atoms with Crippen LogP contribution < -0.4 is 10.5 Å². The molecule has 0 spiro atoms. The molecule has 2 aromatic rings. The second kappa shape index (κ2) is 4.71. The maximum absolute atomic E-state index is 14.1. The summed E-state index contributed by atoms with van der Waals surface area (Å²) >= 11 is 0. The fourth-order valence-corrected chi connectivity index (χ4v) is 2.44. The Kier molecular flexibility index (Phi) is 2.88. The molecule has 0 bridgehead atoms. The van der Waals surface area contributed by atoms with Crippen molar-refractivity contribution in [2.75, 3.05) is 0 Å². The van der Waals surface area contributed by atoms with E-state index in [-0.39, 0.29) is 17.3 Å². The lowest BCUT2D eigenvalue weighted by atomic mass is 9.83. The van der Waals surface area contributed by atoms with E-state index in [9.17, 15) is 9.65 Å². The number of fused-ring (bicyclic) bond motifs is 1. The van der Waals surface area contributed by atoms with Gasteiger partial charge in [0.1, 0.15) is 23.2 Å². The summed E-state index contributed by atoms with van der Waals surface area (Å²) in [5.74, 6) is -0.322. The van der Waals surface area contributed by atoms with Gasteiger partial charge in [-0.25, -0.2) is 4.39 Å². The van der Waals surface area contributed by atoms with Crippen molar-refractivity contribution in [2.45, 2.75) is 5.92 Å². The van der Waals surface area contributed by atoms with Gasteiger partial charge >= 0.3 is 0 Å². The average Bonchev–Trinajstić information content (AvgIpc) is 2.46. The average molecular weight is 266 g/mol. The van der Waals surface area contributed by atoms with E-state index in [1.165, 1.54) is 6.07 Å². The smallest absolute Gasteiger partial charge is 0.205 e. The summed E-state index contributed by atoms with van der Waals surface area (Å²) in [6.45, 7) is 0. The topological polar surface area (TPSA) is 59.0 Å². The number of para-hydroxylation sites is 1. The predicted molar refractivity (Wildman–Crippen MR) is 72.1 cm³/mol. The molecular formula is C16H11FN2O. The van der Waals surface area contributed by atoms with Crippen LogP contribution in [0, 0.1) is 17.1 Å². The fraction of sp³-hybridized carbons (Fsp3) is 0.0625. The van der Waals surface area contributed by atoms with Crippen LogP contribution in [0.2, 0.25) is 0 Å². The van der Waals surface area contributed by atoms with Crippen molar-refractivity contribution >= 4 is 0 Å². The number of halogens is 1. The minimum absolute atomic E-state index is 0.0273. The third-order valence-electron chi connectivity index (χ3n) is 3.34. The molecular weight excluding hydrogens is 255 g/mol. The molecule has 0 unspecified atom stereocenters. The second-order valence-corrected chi connectivity index (χ2v) is 4.48. The van der Waals surface area contributed by atoms with E-state index in [4.69, 9.17) is 10.5 Å². The minimum atomic E-state index is -0.536. The highest BCUT2D eigenvalue weighted by molar-refractivity contribution is 5.55. The molecule has 0 amide bonds. The van der Waals surface area contributed by atoms with Crippen LogP contribution in [-0.2, 0) is 0 Å². The van der Waals surface area contributed by atoms with Crippen molar-refractivity contribution in [1.29, 1.82) is 5.26 Å². The van der Waals surface area contributed by atoms with E-state index in [0.717, 1.165) is 5.56 Å². The molecule has 2 aromatic carbocycles. The summed E-state index contributed by atoms with van der Waals surface area (Å²) in [4.78, 5) is 0. The number of nitriles is 1. The molecule has 20 heavy (non-hydrogen) atoms. The number of nitrogens with two attached hydrogens (primary N) is 1. The lowest BCUT2D eigenvalue weighted by Gasteiger charge is -2.26. The van der Waals surface area contributed by atoms with Crippen LogP contribution in [0.3, 0.4) is 0 Å². The number of ether oxygens (including phenoxy) is 1. The monoisotopic (exact) mass is 266 g/mol. The predicted octanol–water partition coefficient (Wildman–Crippen LogP) is 3.04. The van der Waals surface area contributed by atoms with Crippen molar-refractivity contribution in [2.24, 2.45) is 5.73 Å². The molecule has 0 aromatic heterocycles. The molecule has 3 rings (SSSR count). The first-order valence-corrected chi connectivity index (χ1v) is 6.13. The van der Waals surface area contributed by atoms with E-state index in [2.05, 4.69) is 0 Å². The quantitative estimate of drug-likeness (QED) is 0.863. The van der Waals surface area contributed by atoms with Crippen LogP contribution in [0.5, 0.6) is 5.75 Å². The van der Waals surface area contributed by atoms with Crippen LogP contribution in [-0.4, -0.2) is 0 Å². The van der Waals surface area contributed by atoms with Crippen molar-refractivity contribution in [3.63, 3.8) is 0 Å². The zero-order chi connectivity index (χ0) is 14.1. The van der Waals surface area contributed by atoms with Gasteiger partial charge in [-0.3, -0.25) is 0 Å². The molecule has 0 fully saturated rings. The summed E-state index contributed by atoms with van der Waals surface area (Å²) in [6.07, 6.45) is 0. The first kappa shape index (κ1) is 12.2. The molecule has 1 heterocycles. The molecule has 4 heteroatoms. The largest absolute Gasteiger partial charge is 0.440 e. The molecule has 0 saturated carbocycles. The van der Waals surface area contributed by atoms with Crippen molar-refractivity contribution in [3.05, 3.63) is 76.9 Å². The summed E-state index contributed by atoms with van der Waals surface area (Å²) < 4.78 is 19.5. The minimum Gasteiger partial charge on any atom is -0.440 e. The molecule has 0 saturated heterocycles. The van der Waals surface area contributed by atoms with Gasteiger partial charge in [0.05, 0.1) is 5.92 Å². The zero-order valence-electron chi connectivity index (χ0n) is 10.5. The number of allylic oxidation sites excluding steroid dienone is 1. The Bertz CT molecular complexity index is 746. The standard InChI is InChI=1S/C16H11FN2O/c17-13-7-3-1-5-10(13)15-11-6-2-4-8-14(11)20-16(19)12(15)9-18/h1-8,15H,19H2/t15-/m1/s1.